The van der Waals surface area contributed by atoms with E-state index in [9.17, 15) is 4.79 Å². The van der Waals surface area contributed by atoms with E-state index in [1.165, 1.54) is 5.56 Å². The van der Waals surface area contributed by atoms with Crippen LogP contribution in [0.5, 0.6) is 0 Å². The van der Waals surface area contributed by atoms with Crippen LogP contribution in [0.1, 0.15) is 40.4 Å². The van der Waals surface area contributed by atoms with Crippen molar-refractivity contribution in [1.29, 1.82) is 0 Å². The average molecular weight is 343 g/mol. The fourth-order valence-electron chi connectivity index (χ4n) is 4.49. The van der Waals surface area contributed by atoms with Crippen molar-refractivity contribution in [2.45, 2.75) is 24.5 Å². The summed E-state index contributed by atoms with van der Waals surface area (Å²) in [6.07, 6.45) is 1.29. The van der Waals surface area contributed by atoms with Crippen LogP contribution < -0.4 is 5.32 Å². The van der Waals surface area contributed by atoms with Crippen LogP contribution in [0, 0.1) is 0 Å². The zero-order valence-corrected chi connectivity index (χ0v) is 14.6. The van der Waals surface area contributed by atoms with Crippen molar-refractivity contribution in [3.8, 4) is 0 Å². The monoisotopic (exact) mass is 343 g/mol. The minimum Gasteiger partial charge on any atom is -0.354 e. The number of Topliss-reactive ketones (excluding diaryl/α,β-unsaturated/α-hetero) is 1. The summed E-state index contributed by atoms with van der Waals surface area (Å²) in [5.41, 5.74) is 2.65. The fraction of sp³-hybridized carbons (Fsp3) is 0.261. The topological polar surface area (TPSA) is 38.3 Å². The van der Waals surface area contributed by atoms with Crippen molar-refractivity contribution >= 4 is 16.6 Å². The molecular weight excluding hydrogens is 322 g/mol. The molecule has 130 valence electrons. The van der Waals surface area contributed by atoms with Gasteiger partial charge in [-0.25, -0.2) is 0 Å². The van der Waals surface area contributed by atoms with Crippen LogP contribution in [0.2, 0.25) is 0 Å². The lowest BCUT2D eigenvalue weighted by Gasteiger charge is -2.34. The first-order chi connectivity index (χ1) is 12.8. The molecule has 5 rings (SSSR count). The number of ether oxygens (including phenoxy) is 1. The van der Waals surface area contributed by atoms with E-state index in [4.69, 9.17) is 4.74 Å². The highest BCUT2D eigenvalue weighted by Crippen LogP contribution is 2.49. The molecule has 1 spiro atoms. The number of hydrogen-bond donors (Lipinski definition) is 1. The number of benzene rings is 3. The average Bonchev–Trinajstić information content (AvgIpc) is 3.02. The molecule has 1 N–H and O–H groups in total. The number of carbonyl (C=O) groups is 1. The predicted octanol–water partition coefficient (Wildman–Crippen LogP) is 4.37. The fourth-order valence-corrected chi connectivity index (χ4v) is 4.49. The highest BCUT2D eigenvalue weighted by Gasteiger charge is 2.47. The highest BCUT2D eigenvalue weighted by molar-refractivity contribution is 6.10. The van der Waals surface area contributed by atoms with E-state index >= 15 is 0 Å². The van der Waals surface area contributed by atoms with Gasteiger partial charge in [-0.3, -0.25) is 4.79 Å². The summed E-state index contributed by atoms with van der Waals surface area (Å²) in [6.45, 7) is 1.84. The molecule has 0 saturated carbocycles. The molecule has 3 aromatic carbocycles. The maximum absolute atomic E-state index is 13.5. The third-order valence-corrected chi connectivity index (χ3v) is 5.78. The molecular formula is C23H21NO2. The van der Waals surface area contributed by atoms with Gasteiger partial charge in [0.05, 0.1) is 5.60 Å². The van der Waals surface area contributed by atoms with Crippen LogP contribution in [0.15, 0.2) is 66.7 Å². The number of carbonyl (C=O) groups excluding carboxylic acids is 1. The Bertz CT molecular complexity index is 983. The van der Waals surface area contributed by atoms with Gasteiger partial charge < -0.3 is 10.1 Å². The smallest absolute Gasteiger partial charge is 0.196 e. The number of hydrogen-bond acceptors (Lipinski definition) is 3. The molecule has 3 nitrogen and oxygen atoms in total. The predicted molar refractivity (Wildman–Crippen MR) is 102 cm³/mol. The maximum Gasteiger partial charge on any atom is 0.196 e. The summed E-state index contributed by atoms with van der Waals surface area (Å²) in [5, 5.41) is 5.48. The van der Waals surface area contributed by atoms with Crippen LogP contribution >= 0.6 is 0 Å². The Labute approximate surface area is 153 Å². The molecule has 0 aromatic heterocycles. The molecule has 26 heavy (non-hydrogen) atoms. The van der Waals surface area contributed by atoms with E-state index in [1.54, 1.807) is 0 Å². The quantitative estimate of drug-likeness (QED) is 0.702. The van der Waals surface area contributed by atoms with Crippen molar-refractivity contribution in [2.75, 3.05) is 13.1 Å². The number of fused-ring (bicyclic) bond motifs is 3. The Morgan fingerprint density at radius 2 is 1.65 bits per heavy atom. The summed E-state index contributed by atoms with van der Waals surface area (Å²) in [6, 6.07) is 22.2. The van der Waals surface area contributed by atoms with Gasteiger partial charge in [0.15, 0.2) is 5.78 Å². The van der Waals surface area contributed by atoms with Gasteiger partial charge in [0, 0.05) is 5.56 Å². The van der Waals surface area contributed by atoms with Gasteiger partial charge in [-0.1, -0.05) is 66.7 Å². The minimum atomic E-state index is -0.518. The van der Waals surface area contributed by atoms with Gasteiger partial charge in [0.25, 0.3) is 0 Å². The summed E-state index contributed by atoms with van der Waals surface area (Å²) in [4.78, 5) is 13.5. The number of rotatable bonds is 2. The molecule has 2 heterocycles. The van der Waals surface area contributed by atoms with Crippen molar-refractivity contribution in [2.24, 2.45) is 0 Å². The molecule has 3 heteroatoms. The third-order valence-electron chi connectivity index (χ3n) is 5.78. The summed E-state index contributed by atoms with van der Waals surface area (Å²) >= 11 is 0. The first-order valence-electron chi connectivity index (χ1n) is 9.28. The largest absolute Gasteiger partial charge is 0.354 e. The van der Waals surface area contributed by atoms with E-state index in [2.05, 4.69) is 23.5 Å². The van der Waals surface area contributed by atoms with Gasteiger partial charge in [-0.2, -0.15) is 0 Å². The van der Waals surface area contributed by atoms with Gasteiger partial charge in [-0.05, 0) is 47.8 Å². The molecule has 3 aromatic rings. The van der Waals surface area contributed by atoms with E-state index in [-0.39, 0.29) is 11.4 Å². The Hall–Kier alpha value is -2.49. The van der Waals surface area contributed by atoms with Crippen LogP contribution in [0.4, 0.5) is 0 Å². The number of ketones is 1. The SMILES string of the molecule is O=C(c1cccc2ccccc12)[C@@H]1OC2(CCNCC2)c2ccccc21. The van der Waals surface area contributed by atoms with Gasteiger partial charge in [0.2, 0.25) is 0 Å². The Morgan fingerprint density at radius 1 is 0.923 bits per heavy atom. The molecule has 0 radical (unpaired) electrons. The Morgan fingerprint density at radius 3 is 2.54 bits per heavy atom. The second kappa shape index (κ2) is 6.04. The molecule has 1 saturated heterocycles. The molecule has 0 amide bonds. The normalized spacial score (nSPS) is 21.0. The van der Waals surface area contributed by atoms with Crippen molar-refractivity contribution in [3.05, 3.63) is 83.4 Å². The molecule has 1 fully saturated rings. The zero-order valence-electron chi connectivity index (χ0n) is 14.6. The van der Waals surface area contributed by atoms with E-state index in [1.807, 2.05) is 48.5 Å². The maximum atomic E-state index is 13.5. The van der Waals surface area contributed by atoms with Gasteiger partial charge >= 0.3 is 0 Å². The lowest BCUT2D eigenvalue weighted by molar-refractivity contribution is -0.0805. The zero-order chi connectivity index (χ0) is 17.6. The highest BCUT2D eigenvalue weighted by atomic mass is 16.5. The van der Waals surface area contributed by atoms with Crippen molar-refractivity contribution in [1.82, 2.24) is 5.32 Å². The standard InChI is InChI=1S/C23H21NO2/c25-21(18-10-5-7-16-6-1-2-8-17(16)18)22-19-9-3-4-11-20(19)23(26-22)12-14-24-15-13-23/h1-11,22,24H,12-15H2/t22-/m1/s1. The van der Waals surface area contributed by atoms with Gasteiger partial charge in [0.1, 0.15) is 6.10 Å². The second-order valence-corrected chi connectivity index (χ2v) is 7.22. The number of piperidine rings is 1. The van der Waals surface area contributed by atoms with Gasteiger partial charge in [-0.15, -0.1) is 0 Å². The Kier molecular flexibility index (Phi) is 3.66. The third kappa shape index (κ3) is 2.32. The molecule has 2 aliphatic rings. The molecule has 0 bridgehead atoms. The first-order valence-corrected chi connectivity index (χ1v) is 9.28. The van der Waals surface area contributed by atoms with Crippen LogP contribution in [0.25, 0.3) is 10.8 Å². The van der Waals surface area contributed by atoms with Crippen LogP contribution in [-0.2, 0) is 10.3 Å². The minimum absolute atomic E-state index is 0.0599. The van der Waals surface area contributed by atoms with E-state index in [0.29, 0.717) is 0 Å². The van der Waals surface area contributed by atoms with E-state index < -0.39 is 6.10 Å². The van der Waals surface area contributed by atoms with Crippen LogP contribution in [-0.4, -0.2) is 18.9 Å². The molecule has 1 atom stereocenters. The first kappa shape index (κ1) is 15.7. The van der Waals surface area contributed by atoms with Crippen molar-refractivity contribution < 1.29 is 9.53 Å². The summed E-state index contributed by atoms with van der Waals surface area (Å²) < 4.78 is 6.54. The summed E-state index contributed by atoms with van der Waals surface area (Å²) in [5.74, 6) is 0.0599. The Balaban J connectivity index is 1.61. The lowest BCUT2D eigenvalue weighted by atomic mass is 9.83. The van der Waals surface area contributed by atoms with Crippen molar-refractivity contribution in [3.63, 3.8) is 0 Å². The van der Waals surface area contributed by atoms with Crippen LogP contribution in [0.3, 0.4) is 0 Å². The molecule has 0 unspecified atom stereocenters. The van der Waals surface area contributed by atoms with E-state index in [0.717, 1.165) is 47.8 Å². The lowest BCUT2D eigenvalue weighted by Crippen LogP contribution is -2.40. The number of nitrogens with one attached hydrogen (secondary N) is 1. The molecule has 0 aliphatic carbocycles. The second-order valence-electron chi connectivity index (χ2n) is 7.22. The summed E-state index contributed by atoms with van der Waals surface area (Å²) in [7, 11) is 0. The molecule has 2 aliphatic heterocycles.